The predicted octanol–water partition coefficient (Wildman–Crippen LogP) is 3.96. The van der Waals surface area contributed by atoms with Gasteiger partial charge in [0.05, 0.1) is 35.4 Å². The molecule has 0 aliphatic heterocycles. The van der Waals surface area contributed by atoms with Gasteiger partial charge in [0.25, 0.3) is 5.69 Å². The van der Waals surface area contributed by atoms with Crippen molar-refractivity contribution < 1.29 is 14.5 Å². The Hall–Kier alpha value is -2.51. The molecule has 2 aromatic carbocycles. The molecule has 0 saturated heterocycles. The molecule has 2 rings (SSSR count). The molecule has 126 valence electrons. The maximum Gasteiger partial charge on any atom is 0.296 e. The van der Waals surface area contributed by atoms with E-state index in [1.54, 1.807) is 18.2 Å². The van der Waals surface area contributed by atoms with Crippen molar-refractivity contribution in [2.45, 2.75) is 0 Å². The Morgan fingerprint density at radius 3 is 2.62 bits per heavy atom. The third-order valence-corrected chi connectivity index (χ3v) is 3.61. The van der Waals surface area contributed by atoms with Crippen LogP contribution in [0.15, 0.2) is 36.4 Å². The van der Waals surface area contributed by atoms with E-state index in [9.17, 15) is 14.9 Å². The molecule has 2 aromatic rings. The normalized spacial score (nSPS) is 10.1. The van der Waals surface area contributed by atoms with Crippen LogP contribution in [-0.4, -0.2) is 24.5 Å². The van der Waals surface area contributed by atoms with Crippen LogP contribution < -0.4 is 15.4 Å². The van der Waals surface area contributed by atoms with Gasteiger partial charge in [-0.25, -0.2) is 0 Å². The van der Waals surface area contributed by atoms with E-state index in [1.807, 2.05) is 0 Å². The Balaban J connectivity index is 2.07. The number of nitrogens with zero attached hydrogens (tertiary/aromatic N) is 1. The van der Waals surface area contributed by atoms with Crippen LogP contribution in [0.3, 0.4) is 0 Å². The smallest absolute Gasteiger partial charge is 0.296 e. The summed E-state index contributed by atoms with van der Waals surface area (Å²) in [5.41, 5.74) is 0.303. The van der Waals surface area contributed by atoms with Gasteiger partial charge in [0.2, 0.25) is 5.91 Å². The van der Waals surface area contributed by atoms with Crippen LogP contribution in [0, 0.1) is 10.1 Å². The molecule has 0 radical (unpaired) electrons. The zero-order chi connectivity index (χ0) is 17.7. The number of methoxy groups -OCH3 is 1. The molecule has 1 amide bonds. The third-order valence-electron chi connectivity index (χ3n) is 3.04. The van der Waals surface area contributed by atoms with Crippen LogP contribution >= 0.6 is 23.2 Å². The van der Waals surface area contributed by atoms with Crippen molar-refractivity contribution >= 4 is 46.2 Å². The number of ether oxygens (including phenoxy) is 1. The van der Waals surface area contributed by atoms with Gasteiger partial charge in [0.15, 0.2) is 0 Å². The zero-order valence-corrected chi connectivity index (χ0v) is 14.0. The van der Waals surface area contributed by atoms with E-state index in [-0.39, 0.29) is 17.9 Å². The number of benzene rings is 2. The number of rotatable bonds is 6. The Labute approximate surface area is 147 Å². The fourth-order valence-corrected chi connectivity index (χ4v) is 2.25. The number of nitrogens with one attached hydrogen (secondary N) is 2. The summed E-state index contributed by atoms with van der Waals surface area (Å²) < 4.78 is 4.94. The standard InChI is InChI=1S/C15H13Cl2N3O4/c1-24-10-3-5-12(14(7-10)20(22)23)19-15(21)8-18-13-6-9(16)2-4-11(13)17/h2-7,18H,8H2,1H3,(H,19,21). The Bertz CT molecular complexity index is 783. The summed E-state index contributed by atoms with van der Waals surface area (Å²) >= 11 is 11.8. The summed E-state index contributed by atoms with van der Waals surface area (Å²) in [4.78, 5) is 22.5. The molecule has 7 nitrogen and oxygen atoms in total. The van der Waals surface area contributed by atoms with E-state index in [1.165, 1.54) is 25.3 Å². The number of nitro groups is 1. The molecular weight excluding hydrogens is 357 g/mol. The quantitative estimate of drug-likeness (QED) is 0.593. The van der Waals surface area contributed by atoms with E-state index >= 15 is 0 Å². The molecule has 24 heavy (non-hydrogen) atoms. The van der Waals surface area contributed by atoms with E-state index in [0.717, 1.165) is 0 Å². The van der Waals surface area contributed by atoms with Gasteiger partial charge in [0.1, 0.15) is 11.4 Å². The summed E-state index contributed by atoms with van der Waals surface area (Å²) in [6.07, 6.45) is 0. The first-order valence-electron chi connectivity index (χ1n) is 6.72. The minimum Gasteiger partial charge on any atom is -0.496 e. The number of amides is 1. The van der Waals surface area contributed by atoms with Crippen molar-refractivity contribution in [2.24, 2.45) is 0 Å². The van der Waals surface area contributed by atoms with Crippen LogP contribution in [0.1, 0.15) is 0 Å². The molecule has 0 bridgehead atoms. The maximum absolute atomic E-state index is 12.0. The first kappa shape index (κ1) is 17.8. The first-order valence-corrected chi connectivity index (χ1v) is 7.47. The highest BCUT2D eigenvalue weighted by Gasteiger charge is 2.17. The van der Waals surface area contributed by atoms with Crippen LogP contribution in [0.25, 0.3) is 0 Å². The highest BCUT2D eigenvalue weighted by Crippen LogP contribution is 2.29. The molecule has 0 atom stereocenters. The summed E-state index contributed by atoms with van der Waals surface area (Å²) in [6.45, 7) is -0.136. The minimum atomic E-state index is -0.598. The summed E-state index contributed by atoms with van der Waals surface area (Å²) in [7, 11) is 1.40. The lowest BCUT2D eigenvalue weighted by Gasteiger charge is -2.10. The van der Waals surface area contributed by atoms with E-state index in [2.05, 4.69) is 10.6 Å². The fraction of sp³-hybridized carbons (Fsp3) is 0.133. The second-order valence-corrected chi connectivity index (χ2v) is 5.51. The topological polar surface area (TPSA) is 93.5 Å². The van der Waals surface area contributed by atoms with Crippen molar-refractivity contribution in [1.82, 2.24) is 0 Å². The lowest BCUT2D eigenvalue weighted by molar-refractivity contribution is -0.384. The minimum absolute atomic E-state index is 0.0739. The van der Waals surface area contributed by atoms with E-state index in [4.69, 9.17) is 27.9 Å². The summed E-state index contributed by atoms with van der Waals surface area (Å²) in [5.74, 6) is -0.150. The summed E-state index contributed by atoms with van der Waals surface area (Å²) in [6, 6.07) is 8.95. The Kier molecular flexibility index (Phi) is 5.83. The summed E-state index contributed by atoms with van der Waals surface area (Å²) in [5, 5.41) is 17.2. The Morgan fingerprint density at radius 2 is 1.96 bits per heavy atom. The molecule has 9 heteroatoms. The molecule has 0 heterocycles. The van der Waals surface area contributed by atoms with Gasteiger partial charge >= 0.3 is 0 Å². The number of halogens is 2. The van der Waals surface area contributed by atoms with Gasteiger partial charge in [0, 0.05) is 5.02 Å². The molecule has 0 fully saturated rings. The maximum atomic E-state index is 12.0. The molecule has 0 saturated carbocycles. The van der Waals surface area contributed by atoms with E-state index in [0.29, 0.717) is 21.5 Å². The molecular formula is C15H13Cl2N3O4. The Morgan fingerprint density at radius 1 is 1.21 bits per heavy atom. The zero-order valence-electron chi connectivity index (χ0n) is 12.5. The SMILES string of the molecule is COc1ccc(NC(=O)CNc2cc(Cl)ccc2Cl)c([N+](=O)[O-])c1. The van der Waals surface area contributed by atoms with Crippen LogP contribution in [0.4, 0.5) is 17.1 Å². The number of nitro benzene ring substituents is 1. The second-order valence-electron chi connectivity index (χ2n) is 4.67. The largest absolute Gasteiger partial charge is 0.496 e. The average molecular weight is 370 g/mol. The second kappa shape index (κ2) is 7.85. The first-order chi connectivity index (χ1) is 11.4. The van der Waals surface area contributed by atoms with Gasteiger partial charge in [-0.3, -0.25) is 14.9 Å². The van der Waals surface area contributed by atoms with Crippen LogP contribution in [-0.2, 0) is 4.79 Å². The fourth-order valence-electron chi connectivity index (χ4n) is 1.90. The van der Waals surface area contributed by atoms with Crippen LogP contribution in [0.2, 0.25) is 10.0 Å². The number of anilines is 2. The van der Waals surface area contributed by atoms with Gasteiger partial charge < -0.3 is 15.4 Å². The molecule has 0 aliphatic rings. The monoisotopic (exact) mass is 369 g/mol. The van der Waals surface area contributed by atoms with Crippen molar-refractivity contribution in [3.8, 4) is 5.75 Å². The highest BCUT2D eigenvalue weighted by atomic mass is 35.5. The van der Waals surface area contributed by atoms with Crippen molar-refractivity contribution in [3.05, 3.63) is 56.6 Å². The lowest BCUT2D eigenvalue weighted by atomic mass is 10.2. The van der Waals surface area contributed by atoms with E-state index < -0.39 is 10.8 Å². The molecule has 0 unspecified atom stereocenters. The molecule has 0 aliphatic carbocycles. The van der Waals surface area contributed by atoms with Crippen molar-refractivity contribution in [1.29, 1.82) is 0 Å². The molecule has 2 N–H and O–H groups in total. The number of carbonyl (C=O) groups excluding carboxylic acids is 1. The van der Waals surface area contributed by atoms with Crippen LogP contribution in [0.5, 0.6) is 5.75 Å². The number of hydrogen-bond donors (Lipinski definition) is 2. The highest BCUT2D eigenvalue weighted by molar-refractivity contribution is 6.35. The van der Waals surface area contributed by atoms with Gasteiger partial charge in [-0.15, -0.1) is 0 Å². The number of hydrogen-bond acceptors (Lipinski definition) is 5. The molecule has 0 spiro atoms. The van der Waals surface area contributed by atoms with Gasteiger partial charge in [-0.1, -0.05) is 23.2 Å². The average Bonchev–Trinajstić information content (AvgIpc) is 2.55. The van der Waals surface area contributed by atoms with Crippen molar-refractivity contribution in [3.63, 3.8) is 0 Å². The molecule has 0 aromatic heterocycles. The predicted molar refractivity (Wildman–Crippen MR) is 93.2 cm³/mol. The number of carbonyl (C=O) groups is 1. The van der Waals surface area contributed by atoms with Gasteiger partial charge in [-0.2, -0.15) is 0 Å². The van der Waals surface area contributed by atoms with Gasteiger partial charge in [-0.05, 0) is 30.3 Å². The third kappa shape index (κ3) is 4.50. The lowest BCUT2D eigenvalue weighted by Crippen LogP contribution is -2.22. The van der Waals surface area contributed by atoms with Crippen molar-refractivity contribution in [2.75, 3.05) is 24.3 Å².